The van der Waals surface area contributed by atoms with Crippen LogP contribution in [0.25, 0.3) is 5.82 Å². The van der Waals surface area contributed by atoms with Crippen LogP contribution in [0.2, 0.25) is 0 Å². The summed E-state index contributed by atoms with van der Waals surface area (Å²) in [4.78, 5) is 16.2. The SMILES string of the molecule is O=C(Nc1ccc(-n2cc(Br)cn2)nc1)C1CCCO1. The summed E-state index contributed by atoms with van der Waals surface area (Å²) in [6.45, 7) is 0.656. The van der Waals surface area contributed by atoms with Gasteiger partial charge in [-0.15, -0.1) is 0 Å². The molecule has 0 radical (unpaired) electrons. The molecule has 0 saturated carbocycles. The molecule has 1 aliphatic heterocycles. The Morgan fingerprint density at radius 2 is 2.35 bits per heavy atom. The van der Waals surface area contributed by atoms with Gasteiger partial charge >= 0.3 is 0 Å². The van der Waals surface area contributed by atoms with Crippen molar-refractivity contribution in [2.75, 3.05) is 11.9 Å². The number of hydrogen-bond donors (Lipinski definition) is 1. The summed E-state index contributed by atoms with van der Waals surface area (Å²) < 4.78 is 7.86. The van der Waals surface area contributed by atoms with Gasteiger partial charge in [-0.3, -0.25) is 4.79 Å². The highest BCUT2D eigenvalue weighted by Gasteiger charge is 2.23. The highest BCUT2D eigenvalue weighted by atomic mass is 79.9. The van der Waals surface area contributed by atoms with E-state index < -0.39 is 0 Å². The molecule has 0 spiro atoms. The van der Waals surface area contributed by atoms with Crippen molar-refractivity contribution in [3.8, 4) is 5.82 Å². The summed E-state index contributed by atoms with van der Waals surface area (Å²) in [7, 11) is 0. The zero-order chi connectivity index (χ0) is 13.9. The van der Waals surface area contributed by atoms with Gasteiger partial charge in [-0.25, -0.2) is 9.67 Å². The third-order valence-corrected chi connectivity index (χ3v) is 3.43. The molecular formula is C13H13BrN4O2. The molecule has 1 saturated heterocycles. The first-order valence-corrected chi connectivity index (χ1v) is 7.11. The van der Waals surface area contributed by atoms with E-state index in [2.05, 4.69) is 31.3 Å². The van der Waals surface area contributed by atoms with Crippen LogP contribution in [0.3, 0.4) is 0 Å². The van der Waals surface area contributed by atoms with Gasteiger partial charge in [0.15, 0.2) is 5.82 Å². The minimum Gasteiger partial charge on any atom is -0.368 e. The smallest absolute Gasteiger partial charge is 0.253 e. The molecule has 1 unspecified atom stereocenters. The Morgan fingerprint density at radius 1 is 1.45 bits per heavy atom. The van der Waals surface area contributed by atoms with E-state index in [1.54, 1.807) is 29.2 Å². The molecule has 7 heteroatoms. The van der Waals surface area contributed by atoms with Crippen molar-refractivity contribution >= 4 is 27.5 Å². The number of rotatable bonds is 3. The molecule has 1 atom stereocenters. The summed E-state index contributed by atoms with van der Waals surface area (Å²) in [6, 6.07) is 3.59. The molecule has 0 bridgehead atoms. The zero-order valence-electron chi connectivity index (χ0n) is 10.6. The van der Waals surface area contributed by atoms with Crippen LogP contribution in [-0.2, 0) is 9.53 Å². The maximum Gasteiger partial charge on any atom is 0.253 e. The predicted molar refractivity (Wildman–Crippen MR) is 76.7 cm³/mol. The van der Waals surface area contributed by atoms with E-state index in [-0.39, 0.29) is 12.0 Å². The number of amides is 1. The highest BCUT2D eigenvalue weighted by Crippen LogP contribution is 2.16. The summed E-state index contributed by atoms with van der Waals surface area (Å²) in [5.41, 5.74) is 0.653. The van der Waals surface area contributed by atoms with Crippen molar-refractivity contribution in [2.24, 2.45) is 0 Å². The molecule has 1 fully saturated rings. The van der Waals surface area contributed by atoms with Gasteiger partial charge in [-0.2, -0.15) is 5.10 Å². The largest absolute Gasteiger partial charge is 0.368 e. The maximum absolute atomic E-state index is 11.9. The minimum atomic E-state index is -0.336. The normalized spacial score (nSPS) is 18.1. The number of ether oxygens (including phenoxy) is 1. The van der Waals surface area contributed by atoms with Gasteiger partial charge in [-0.1, -0.05) is 0 Å². The second kappa shape index (κ2) is 5.72. The lowest BCUT2D eigenvalue weighted by atomic mass is 10.2. The quantitative estimate of drug-likeness (QED) is 0.932. The molecule has 20 heavy (non-hydrogen) atoms. The average Bonchev–Trinajstić information content (AvgIpc) is 3.10. The predicted octanol–water partition coefficient (Wildman–Crippen LogP) is 2.15. The van der Waals surface area contributed by atoms with Crippen molar-refractivity contribution in [2.45, 2.75) is 18.9 Å². The van der Waals surface area contributed by atoms with Crippen LogP contribution in [0, 0.1) is 0 Å². The Morgan fingerprint density at radius 3 is 2.95 bits per heavy atom. The van der Waals surface area contributed by atoms with Crippen molar-refractivity contribution in [1.82, 2.24) is 14.8 Å². The summed E-state index contributed by atoms with van der Waals surface area (Å²) in [6.07, 6.45) is 6.48. The van der Waals surface area contributed by atoms with E-state index in [4.69, 9.17) is 4.74 Å². The number of carbonyl (C=O) groups is 1. The topological polar surface area (TPSA) is 69.0 Å². The average molecular weight is 337 g/mol. The number of aromatic nitrogens is 3. The lowest BCUT2D eigenvalue weighted by Gasteiger charge is -2.10. The summed E-state index contributed by atoms with van der Waals surface area (Å²) in [5.74, 6) is 0.574. The third kappa shape index (κ3) is 2.88. The van der Waals surface area contributed by atoms with Crippen molar-refractivity contribution in [1.29, 1.82) is 0 Å². The number of nitrogens with zero attached hydrogens (tertiary/aromatic N) is 3. The molecule has 1 N–H and O–H groups in total. The molecule has 1 aliphatic rings. The van der Waals surface area contributed by atoms with Crippen LogP contribution >= 0.6 is 15.9 Å². The van der Waals surface area contributed by atoms with E-state index in [1.165, 1.54) is 0 Å². The standard InChI is InChI=1S/C13H13BrN4O2/c14-9-6-16-18(8-9)12-4-3-10(7-15-12)17-13(19)11-2-1-5-20-11/h3-4,6-8,11H,1-2,5H2,(H,17,19). The van der Waals surface area contributed by atoms with Gasteiger partial charge in [0.25, 0.3) is 5.91 Å². The van der Waals surface area contributed by atoms with Gasteiger partial charge in [0.1, 0.15) is 6.10 Å². The van der Waals surface area contributed by atoms with Crippen LogP contribution in [-0.4, -0.2) is 33.4 Å². The Labute approximate surface area is 124 Å². The Bertz CT molecular complexity index is 605. The molecule has 3 heterocycles. The molecule has 0 aliphatic carbocycles. The van der Waals surface area contributed by atoms with E-state index in [0.717, 1.165) is 17.3 Å². The first-order valence-electron chi connectivity index (χ1n) is 6.31. The van der Waals surface area contributed by atoms with Gasteiger partial charge in [0.05, 0.1) is 22.6 Å². The Kier molecular flexibility index (Phi) is 3.79. The number of anilines is 1. The second-order valence-electron chi connectivity index (χ2n) is 4.50. The molecule has 0 aromatic carbocycles. The molecule has 1 amide bonds. The van der Waals surface area contributed by atoms with E-state index >= 15 is 0 Å². The van der Waals surface area contributed by atoms with Crippen LogP contribution in [0.5, 0.6) is 0 Å². The summed E-state index contributed by atoms with van der Waals surface area (Å²) in [5, 5.41) is 6.94. The second-order valence-corrected chi connectivity index (χ2v) is 5.41. The lowest BCUT2D eigenvalue weighted by molar-refractivity contribution is -0.124. The molecule has 2 aromatic rings. The first kappa shape index (κ1) is 13.3. The molecule has 6 nitrogen and oxygen atoms in total. The summed E-state index contributed by atoms with van der Waals surface area (Å²) >= 11 is 3.33. The maximum atomic E-state index is 11.9. The monoisotopic (exact) mass is 336 g/mol. The number of carbonyl (C=O) groups excluding carboxylic acids is 1. The van der Waals surface area contributed by atoms with Crippen LogP contribution in [0.1, 0.15) is 12.8 Å². The molecule has 3 rings (SSSR count). The van der Waals surface area contributed by atoms with Crippen molar-refractivity contribution in [3.05, 3.63) is 35.2 Å². The third-order valence-electron chi connectivity index (χ3n) is 3.02. The van der Waals surface area contributed by atoms with Crippen LogP contribution in [0.15, 0.2) is 35.2 Å². The number of hydrogen-bond acceptors (Lipinski definition) is 4. The van der Waals surface area contributed by atoms with Gasteiger partial charge in [0, 0.05) is 12.8 Å². The Hall–Kier alpha value is -1.73. The molecule has 2 aromatic heterocycles. The Balaban J connectivity index is 1.68. The number of pyridine rings is 1. The zero-order valence-corrected chi connectivity index (χ0v) is 12.2. The molecular weight excluding hydrogens is 324 g/mol. The first-order chi connectivity index (χ1) is 9.72. The van der Waals surface area contributed by atoms with Crippen molar-refractivity contribution < 1.29 is 9.53 Å². The van der Waals surface area contributed by atoms with E-state index in [0.29, 0.717) is 18.1 Å². The number of nitrogens with one attached hydrogen (secondary N) is 1. The number of halogens is 1. The fraction of sp³-hybridized carbons (Fsp3) is 0.308. The molecule has 104 valence electrons. The fourth-order valence-corrected chi connectivity index (χ4v) is 2.31. The van der Waals surface area contributed by atoms with Crippen molar-refractivity contribution in [3.63, 3.8) is 0 Å². The van der Waals surface area contributed by atoms with Gasteiger partial charge < -0.3 is 10.1 Å². The highest BCUT2D eigenvalue weighted by molar-refractivity contribution is 9.10. The van der Waals surface area contributed by atoms with Crippen LogP contribution < -0.4 is 5.32 Å². The van der Waals surface area contributed by atoms with Crippen LogP contribution in [0.4, 0.5) is 5.69 Å². The minimum absolute atomic E-state index is 0.112. The van der Waals surface area contributed by atoms with E-state index in [9.17, 15) is 4.79 Å². The van der Waals surface area contributed by atoms with Gasteiger partial charge in [-0.05, 0) is 40.9 Å². The lowest BCUT2D eigenvalue weighted by Crippen LogP contribution is -2.26. The van der Waals surface area contributed by atoms with E-state index in [1.807, 2.05) is 6.20 Å². The fourth-order valence-electron chi connectivity index (χ4n) is 2.03. The van der Waals surface area contributed by atoms with Gasteiger partial charge in [0.2, 0.25) is 0 Å².